The van der Waals surface area contributed by atoms with Crippen LogP contribution in [0.4, 0.5) is 4.39 Å². The summed E-state index contributed by atoms with van der Waals surface area (Å²) in [6, 6.07) is 6.73. The van der Waals surface area contributed by atoms with Crippen LogP contribution in [-0.4, -0.2) is 41.9 Å². The predicted molar refractivity (Wildman–Crippen MR) is 112 cm³/mol. The Morgan fingerprint density at radius 2 is 2.20 bits per heavy atom. The van der Waals surface area contributed by atoms with Gasteiger partial charge in [0, 0.05) is 30.6 Å². The Kier molecular flexibility index (Phi) is 4.99. The molecular formula is C22H20BrFN2O4. The molecule has 0 spiro atoms. The molecule has 5 rings (SSSR count). The molecule has 1 saturated heterocycles. The largest absolute Gasteiger partial charge is 0.492 e. The van der Waals surface area contributed by atoms with Crippen molar-refractivity contribution < 1.29 is 23.4 Å². The number of aromatic nitrogens is 2. The molecule has 3 heterocycles. The number of carbonyl (C=O) groups is 1. The van der Waals surface area contributed by atoms with E-state index in [-0.39, 0.29) is 11.9 Å². The number of nitrogens with zero attached hydrogens (tertiary/aromatic N) is 2. The van der Waals surface area contributed by atoms with Crippen molar-refractivity contribution >= 4 is 32.9 Å². The molecule has 3 aromatic rings. The summed E-state index contributed by atoms with van der Waals surface area (Å²) in [7, 11) is 1.36. The minimum absolute atomic E-state index is 0.0896. The number of esters is 1. The molecule has 2 aliphatic heterocycles. The number of imidazole rings is 1. The zero-order valence-electron chi connectivity index (χ0n) is 16.4. The molecule has 0 saturated carbocycles. The number of fused-ring (bicyclic) bond motifs is 2. The summed E-state index contributed by atoms with van der Waals surface area (Å²) in [6.07, 6.45) is 2.05. The quantitative estimate of drug-likeness (QED) is 0.522. The standard InChI is InChI=1S/C22H20BrFN2O4/c1-28-22(27)12-2-3-18-19(8-12)26(11-13-4-6-29-13)20(25-18)9-15-14-5-7-30-21(14)16(23)10-17(15)24/h2-3,8,10,13H,4-7,9,11H2,1H3/t13-/m0/s1. The van der Waals surface area contributed by atoms with E-state index >= 15 is 0 Å². The Morgan fingerprint density at radius 1 is 1.37 bits per heavy atom. The van der Waals surface area contributed by atoms with Gasteiger partial charge in [-0.15, -0.1) is 0 Å². The van der Waals surface area contributed by atoms with Crippen LogP contribution in [0.25, 0.3) is 11.0 Å². The van der Waals surface area contributed by atoms with Gasteiger partial charge in [0.1, 0.15) is 17.4 Å². The van der Waals surface area contributed by atoms with Gasteiger partial charge in [-0.1, -0.05) is 0 Å². The molecule has 0 aliphatic carbocycles. The Morgan fingerprint density at radius 3 is 2.93 bits per heavy atom. The summed E-state index contributed by atoms with van der Waals surface area (Å²) >= 11 is 3.39. The Labute approximate surface area is 181 Å². The molecule has 1 atom stereocenters. The first-order valence-corrected chi connectivity index (χ1v) is 10.7. The van der Waals surface area contributed by atoms with Gasteiger partial charge in [0.25, 0.3) is 0 Å². The van der Waals surface area contributed by atoms with Gasteiger partial charge in [-0.25, -0.2) is 14.2 Å². The first-order valence-electron chi connectivity index (χ1n) is 9.86. The fraction of sp³-hybridized carbons (Fsp3) is 0.364. The highest BCUT2D eigenvalue weighted by Gasteiger charge is 2.26. The number of rotatable bonds is 5. The van der Waals surface area contributed by atoms with E-state index in [1.165, 1.54) is 13.2 Å². The number of hydrogen-bond donors (Lipinski definition) is 0. The molecule has 156 valence electrons. The van der Waals surface area contributed by atoms with Crippen molar-refractivity contribution in [1.29, 1.82) is 0 Å². The van der Waals surface area contributed by atoms with Crippen LogP contribution in [0.3, 0.4) is 0 Å². The summed E-state index contributed by atoms with van der Waals surface area (Å²) < 4.78 is 33.8. The average molecular weight is 475 g/mol. The van der Waals surface area contributed by atoms with Crippen molar-refractivity contribution in [3.63, 3.8) is 0 Å². The highest BCUT2D eigenvalue weighted by atomic mass is 79.9. The van der Waals surface area contributed by atoms with Crippen molar-refractivity contribution in [3.05, 3.63) is 57.1 Å². The van der Waals surface area contributed by atoms with Crippen LogP contribution in [-0.2, 0) is 28.9 Å². The number of ether oxygens (including phenoxy) is 3. The minimum atomic E-state index is -0.403. The lowest BCUT2D eigenvalue weighted by Gasteiger charge is -2.27. The van der Waals surface area contributed by atoms with Crippen LogP contribution < -0.4 is 4.74 Å². The van der Waals surface area contributed by atoms with Gasteiger partial charge in [0.15, 0.2) is 0 Å². The van der Waals surface area contributed by atoms with Gasteiger partial charge in [0.2, 0.25) is 0 Å². The number of hydrogen-bond acceptors (Lipinski definition) is 5. The van der Waals surface area contributed by atoms with Gasteiger partial charge < -0.3 is 18.8 Å². The van der Waals surface area contributed by atoms with Crippen LogP contribution in [0, 0.1) is 5.82 Å². The van der Waals surface area contributed by atoms with Crippen LogP contribution in [0.15, 0.2) is 28.7 Å². The van der Waals surface area contributed by atoms with E-state index in [0.717, 1.165) is 35.4 Å². The zero-order chi connectivity index (χ0) is 20.8. The molecular weight excluding hydrogens is 455 g/mol. The maximum absolute atomic E-state index is 14.9. The number of benzene rings is 2. The highest BCUT2D eigenvalue weighted by Crippen LogP contribution is 2.38. The Hall–Kier alpha value is -2.45. The lowest BCUT2D eigenvalue weighted by Crippen LogP contribution is -2.31. The molecule has 0 N–H and O–H groups in total. The second kappa shape index (κ2) is 7.67. The monoisotopic (exact) mass is 474 g/mol. The maximum Gasteiger partial charge on any atom is 0.337 e. The third-order valence-corrected chi connectivity index (χ3v) is 6.35. The average Bonchev–Trinajstić information content (AvgIpc) is 3.32. The van der Waals surface area contributed by atoms with Crippen molar-refractivity contribution in [3.8, 4) is 5.75 Å². The van der Waals surface area contributed by atoms with Gasteiger partial charge in [-0.2, -0.15) is 0 Å². The fourth-order valence-corrected chi connectivity index (χ4v) is 4.66. The molecule has 1 aromatic heterocycles. The molecule has 0 unspecified atom stereocenters. The lowest BCUT2D eigenvalue weighted by atomic mass is 10.0. The van der Waals surface area contributed by atoms with E-state index in [2.05, 4.69) is 15.9 Å². The lowest BCUT2D eigenvalue weighted by molar-refractivity contribution is -0.0589. The van der Waals surface area contributed by atoms with Crippen molar-refractivity contribution in [2.24, 2.45) is 0 Å². The minimum Gasteiger partial charge on any atom is -0.492 e. The Bertz CT molecular complexity index is 1160. The third-order valence-electron chi connectivity index (χ3n) is 5.76. The number of methoxy groups -OCH3 is 1. The van der Waals surface area contributed by atoms with E-state index in [9.17, 15) is 9.18 Å². The van der Waals surface area contributed by atoms with Gasteiger partial charge in [0.05, 0.1) is 47.4 Å². The Balaban J connectivity index is 1.61. The predicted octanol–water partition coefficient (Wildman–Crippen LogP) is 4.04. The van der Waals surface area contributed by atoms with Crippen LogP contribution in [0.5, 0.6) is 5.75 Å². The van der Waals surface area contributed by atoms with Gasteiger partial charge in [-0.05, 0) is 46.6 Å². The van der Waals surface area contributed by atoms with E-state index in [1.807, 2.05) is 4.57 Å². The second-order valence-corrected chi connectivity index (χ2v) is 8.37. The third kappa shape index (κ3) is 3.28. The molecule has 6 nitrogen and oxygen atoms in total. The zero-order valence-corrected chi connectivity index (χ0v) is 18.0. The topological polar surface area (TPSA) is 62.6 Å². The number of halogens is 2. The highest BCUT2D eigenvalue weighted by molar-refractivity contribution is 9.10. The van der Waals surface area contributed by atoms with Crippen LogP contribution in [0.2, 0.25) is 0 Å². The fourth-order valence-electron chi connectivity index (χ4n) is 4.10. The van der Waals surface area contributed by atoms with E-state index < -0.39 is 5.97 Å². The smallest absolute Gasteiger partial charge is 0.337 e. The summed E-state index contributed by atoms with van der Waals surface area (Å²) in [4.78, 5) is 16.8. The molecule has 1 fully saturated rings. The van der Waals surface area contributed by atoms with Crippen molar-refractivity contribution in [2.45, 2.75) is 31.9 Å². The van der Waals surface area contributed by atoms with E-state index in [4.69, 9.17) is 19.2 Å². The summed E-state index contributed by atoms with van der Waals surface area (Å²) in [6.45, 7) is 1.89. The first-order chi connectivity index (χ1) is 14.5. The summed E-state index contributed by atoms with van der Waals surface area (Å²) in [5, 5.41) is 0. The number of carbonyl (C=O) groups excluding carboxylic acids is 1. The van der Waals surface area contributed by atoms with Crippen molar-refractivity contribution in [1.82, 2.24) is 9.55 Å². The summed E-state index contributed by atoms with van der Waals surface area (Å²) in [5.41, 5.74) is 3.51. The summed E-state index contributed by atoms with van der Waals surface area (Å²) in [5.74, 6) is 0.766. The molecule has 30 heavy (non-hydrogen) atoms. The van der Waals surface area contributed by atoms with Gasteiger partial charge >= 0.3 is 5.97 Å². The molecule has 0 radical (unpaired) electrons. The maximum atomic E-state index is 14.9. The molecule has 8 heteroatoms. The molecule has 2 aromatic carbocycles. The normalized spacial score (nSPS) is 17.5. The van der Waals surface area contributed by atoms with Crippen LogP contribution in [0.1, 0.15) is 33.7 Å². The van der Waals surface area contributed by atoms with E-state index in [0.29, 0.717) is 47.3 Å². The van der Waals surface area contributed by atoms with Crippen LogP contribution >= 0.6 is 15.9 Å². The van der Waals surface area contributed by atoms with E-state index in [1.54, 1.807) is 18.2 Å². The molecule has 0 bridgehead atoms. The van der Waals surface area contributed by atoms with Gasteiger partial charge in [-0.3, -0.25) is 0 Å². The molecule has 0 amide bonds. The first kappa shape index (κ1) is 19.5. The SMILES string of the molecule is COC(=O)c1ccc2nc(Cc3c(F)cc(Br)c4c3CCO4)n(C[C@@H]3CCO3)c2c1. The second-order valence-electron chi connectivity index (χ2n) is 7.52. The van der Waals surface area contributed by atoms with Crippen molar-refractivity contribution in [2.75, 3.05) is 20.3 Å². The molecule has 2 aliphatic rings.